The summed E-state index contributed by atoms with van der Waals surface area (Å²) in [5.41, 5.74) is 1.76. The van der Waals surface area contributed by atoms with Crippen LogP contribution in [0.1, 0.15) is 30.9 Å². The standard InChI is InChI=1S/C16H14ClN3O2S2/c17-9-3-4-12-10(5-9)18-15(22)13(24-12)6-14(21)20-16-19-11(7-23-16)8-1-2-8/h3-5,7-8,13H,1-2,6H2,(H,18,22)(H,19,20,21). The van der Waals surface area contributed by atoms with Crippen molar-refractivity contribution in [2.75, 3.05) is 10.6 Å². The summed E-state index contributed by atoms with van der Waals surface area (Å²) < 4.78 is 0. The minimum atomic E-state index is -0.457. The summed E-state index contributed by atoms with van der Waals surface area (Å²) in [6.07, 6.45) is 2.47. The lowest BCUT2D eigenvalue weighted by atomic mass is 10.2. The van der Waals surface area contributed by atoms with Crippen molar-refractivity contribution in [1.82, 2.24) is 4.98 Å². The summed E-state index contributed by atoms with van der Waals surface area (Å²) in [7, 11) is 0. The van der Waals surface area contributed by atoms with Crippen molar-refractivity contribution in [2.45, 2.75) is 35.3 Å². The molecule has 24 heavy (non-hydrogen) atoms. The molecular weight excluding hydrogens is 366 g/mol. The van der Waals surface area contributed by atoms with Gasteiger partial charge in [-0.25, -0.2) is 4.98 Å². The second-order valence-corrected chi connectivity index (χ2v) is 8.38. The molecule has 1 saturated carbocycles. The van der Waals surface area contributed by atoms with E-state index in [0.717, 1.165) is 10.6 Å². The van der Waals surface area contributed by atoms with Crippen LogP contribution in [0.3, 0.4) is 0 Å². The van der Waals surface area contributed by atoms with Crippen molar-refractivity contribution < 1.29 is 9.59 Å². The highest BCUT2D eigenvalue weighted by molar-refractivity contribution is 8.01. The minimum absolute atomic E-state index is 0.108. The van der Waals surface area contributed by atoms with Gasteiger partial charge in [0.25, 0.3) is 0 Å². The van der Waals surface area contributed by atoms with Crippen LogP contribution in [0.5, 0.6) is 0 Å². The van der Waals surface area contributed by atoms with Crippen LogP contribution >= 0.6 is 34.7 Å². The second-order valence-electron chi connectivity index (χ2n) is 5.84. The first-order chi connectivity index (χ1) is 11.6. The maximum Gasteiger partial charge on any atom is 0.238 e. The number of hydrogen-bond donors (Lipinski definition) is 2. The van der Waals surface area contributed by atoms with Gasteiger partial charge >= 0.3 is 0 Å². The Kier molecular flexibility index (Phi) is 4.24. The van der Waals surface area contributed by atoms with Gasteiger partial charge in [0, 0.05) is 27.6 Å². The van der Waals surface area contributed by atoms with Crippen LogP contribution in [-0.2, 0) is 9.59 Å². The second kappa shape index (κ2) is 6.38. The van der Waals surface area contributed by atoms with Crippen LogP contribution in [0.4, 0.5) is 10.8 Å². The van der Waals surface area contributed by atoms with E-state index >= 15 is 0 Å². The number of benzene rings is 1. The Labute approximate surface area is 152 Å². The van der Waals surface area contributed by atoms with Gasteiger partial charge in [0.05, 0.1) is 16.6 Å². The number of amides is 2. The lowest BCUT2D eigenvalue weighted by Crippen LogP contribution is -2.32. The van der Waals surface area contributed by atoms with E-state index in [4.69, 9.17) is 11.6 Å². The van der Waals surface area contributed by atoms with Crippen LogP contribution in [-0.4, -0.2) is 22.0 Å². The molecule has 2 amide bonds. The molecule has 4 rings (SSSR count). The molecule has 0 radical (unpaired) electrons. The Morgan fingerprint density at radius 2 is 2.25 bits per heavy atom. The summed E-state index contributed by atoms with van der Waals surface area (Å²) in [5, 5.41) is 8.33. The molecule has 0 bridgehead atoms. The molecule has 2 heterocycles. The Balaban J connectivity index is 1.39. The Bertz CT molecular complexity index is 819. The third kappa shape index (κ3) is 3.43. The van der Waals surface area contributed by atoms with Gasteiger partial charge in [-0.05, 0) is 31.0 Å². The van der Waals surface area contributed by atoms with E-state index in [1.807, 2.05) is 11.4 Å². The number of fused-ring (bicyclic) bond motifs is 1. The number of aromatic nitrogens is 1. The van der Waals surface area contributed by atoms with Gasteiger partial charge in [-0.1, -0.05) is 11.6 Å². The maximum atomic E-state index is 12.2. The molecule has 2 aliphatic rings. The lowest BCUT2D eigenvalue weighted by molar-refractivity contribution is -0.120. The highest BCUT2D eigenvalue weighted by Gasteiger charge is 2.30. The van der Waals surface area contributed by atoms with E-state index in [9.17, 15) is 9.59 Å². The van der Waals surface area contributed by atoms with Gasteiger partial charge in [-0.2, -0.15) is 0 Å². The van der Waals surface area contributed by atoms with Crippen LogP contribution < -0.4 is 10.6 Å². The summed E-state index contributed by atoms with van der Waals surface area (Å²) in [6, 6.07) is 5.35. The summed E-state index contributed by atoms with van der Waals surface area (Å²) in [6.45, 7) is 0. The van der Waals surface area contributed by atoms with Crippen molar-refractivity contribution in [1.29, 1.82) is 0 Å². The van der Waals surface area contributed by atoms with Gasteiger partial charge in [-0.15, -0.1) is 23.1 Å². The predicted octanol–water partition coefficient (Wildman–Crippen LogP) is 4.12. The van der Waals surface area contributed by atoms with Crippen molar-refractivity contribution in [3.05, 3.63) is 34.3 Å². The Morgan fingerprint density at radius 1 is 1.42 bits per heavy atom. The number of hydrogen-bond acceptors (Lipinski definition) is 5. The van der Waals surface area contributed by atoms with Crippen molar-refractivity contribution in [2.24, 2.45) is 0 Å². The third-order valence-corrected chi connectivity index (χ3v) is 6.18. The van der Waals surface area contributed by atoms with Gasteiger partial charge in [-0.3, -0.25) is 9.59 Å². The predicted molar refractivity (Wildman–Crippen MR) is 97.1 cm³/mol. The molecule has 1 aliphatic carbocycles. The van der Waals surface area contributed by atoms with E-state index in [0.29, 0.717) is 21.8 Å². The number of anilines is 2. The number of carbonyl (C=O) groups is 2. The molecule has 1 aromatic heterocycles. The van der Waals surface area contributed by atoms with Crippen LogP contribution in [0.15, 0.2) is 28.5 Å². The van der Waals surface area contributed by atoms with E-state index in [-0.39, 0.29) is 18.2 Å². The fraction of sp³-hybridized carbons (Fsp3) is 0.312. The molecule has 1 atom stereocenters. The van der Waals surface area contributed by atoms with Gasteiger partial charge in [0.1, 0.15) is 0 Å². The zero-order valence-corrected chi connectivity index (χ0v) is 14.9. The zero-order valence-electron chi connectivity index (χ0n) is 12.5. The quantitative estimate of drug-likeness (QED) is 0.838. The highest BCUT2D eigenvalue weighted by atomic mass is 35.5. The number of rotatable bonds is 4. The SMILES string of the molecule is O=C(CC1Sc2ccc(Cl)cc2NC1=O)Nc1nc(C2CC2)cs1. The average molecular weight is 380 g/mol. The first kappa shape index (κ1) is 15.9. The van der Waals surface area contributed by atoms with Crippen molar-refractivity contribution in [3.8, 4) is 0 Å². The molecule has 2 aromatic rings. The van der Waals surface area contributed by atoms with Crippen LogP contribution in [0.25, 0.3) is 0 Å². The molecule has 124 valence electrons. The average Bonchev–Trinajstić information content (AvgIpc) is 3.29. The number of carbonyl (C=O) groups excluding carboxylic acids is 2. The van der Waals surface area contributed by atoms with E-state index in [2.05, 4.69) is 15.6 Å². The third-order valence-electron chi connectivity index (χ3n) is 3.90. The van der Waals surface area contributed by atoms with E-state index in [1.54, 1.807) is 12.1 Å². The fourth-order valence-corrected chi connectivity index (χ4v) is 4.58. The normalized spacial score (nSPS) is 19.5. The monoisotopic (exact) mass is 379 g/mol. The van der Waals surface area contributed by atoms with Crippen molar-refractivity contribution >= 4 is 57.3 Å². The van der Waals surface area contributed by atoms with Gasteiger partial charge in [0.15, 0.2) is 5.13 Å². The molecule has 1 aliphatic heterocycles. The summed E-state index contributed by atoms with van der Waals surface area (Å²) in [5.74, 6) is 0.189. The molecule has 0 spiro atoms. The van der Waals surface area contributed by atoms with Crippen LogP contribution in [0, 0.1) is 0 Å². The number of nitrogens with zero attached hydrogens (tertiary/aromatic N) is 1. The molecule has 2 N–H and O–H groups in total. The molecule has 1 aromatic carbocycles. The van der Waals surface area contributed by atoms with E-state index in [1.165, 1.54) is 35.9 Å². The number of thiazole rings is 1. The number of thioether (sulfide) groups is 1. The molecule has 0 saturated heterocycles. The van der Waals surface area contributed by atoms with E-state index < -0.39 is 5.25 Å². The number of halogens is 1. The number of nitrogens with one attached hydrogen (secondary N) is 2. The molecule has 5 nitrogen and oxygen atoms in total. The fourth-order valence-electron chi connectivity index (χ4n) is 2.51. The largest absolute Gasteiger partial charge is 0.324 e. The Hall–Kier alpha value is -1.57. The highest BCUT2D eigenvalue weighted by Crippen LogP contribution is 2.41. The van der Waals surface area contributed by atoms with Gasteiger partial charge < -0.3 is 10.6 Å². The molecule has 1 fully saturated rings. The first-order valence-electron chi connectivity index (χ1n) is 7.61. The zero-order chi connectivity index (χ0) is 16.7. The lowest BCUT2D eigenvalue weighted by Gasteiger charge is -2.23. The van der Waals surface area contributed by atoms with Crippen molar-refractivity contribution in [3.63, 3.8) is 0 Å². The topological polar surface area (TPSA) is 71.1 Å². The maximum absolute atomic E-state index is 12.2. The first-order valence-corrected chi connectivity index (χ1v) is 9.74. The van der Waals surface area contributed by atoms with Crippen LogP contribution in [0.2, 0.25) is 5.02 Å². The molecule has 1 unspecified atom stereocenters. The molecule has 8 heteroatoms. The Morgan fingerprint density at radius 3 is 3.04 bits per heavy atom. The summed E-state index contributed by atoms with van der Waals surface area (Å²) >= 11 is 8.75. The van der Waals surface area contributed by atoms with Gasteiger partial charge in [0.2, 0.25) is 11.8 Å². The summed E-state index contributed by atoms with van der Waals surface area (Å²) in [4.78, 5) is 29.8. The smallest absolute Gasteiger partial charge is 0.238 e. The minimum Gasteiger partial charge on any atom is -0.324 e. The molecular formula is C16H14ClN3O2S2.